The number of carbonyl (C=O) groups is 1. The number of hydrogen-bond acceptors (Lipinski definition) is 3. The number of nitrogens with zero attached hydrogens (tertiary/aromatic N) is 3. The topological polar surface area (TPSA) is 26.8 Å². The zero-order valence-corrected chi connectivity index (χ0v) is 17.6. The van der Waals surface area contributed by atoms with Crippen molar-refractivity contribution >= 4 is 5.91 Å². The van der Waals surface area contributed by atoms with Gasteiger partial charge in [0.2, 0.25) is 5.91 Å². The molecule has 29 heavy (non-hydrogen) atoms. The fourth-order valence-electron chi connectivity index (χ4n) is 4.01. The largest absolute Gasteiger partial charge is 0.340 e. The Balaban J connectivity index is 1.39. The molecule has 0 saturated carbocycles. The Kier molecular flexibility index (Phi) is 7.78. The van der Waals surface area contributed by atoms with E-state index in [9.17, 15) is 9.18 Å². The van der Waals surface area contributed by atoms with Crippen molar-refractivity contribution in [3.05, 3.63) is 71.5 Å². The molecule has 4 nitrogen and oxygen atoms in total. The molecule has 2 aromatic carbocycles. The van der Waals surface area contributed by atoms with Crippen LogP contribution in [-0.4, -0.2) is 60.9 Å². The molecule has 1 aliphatic rings. The van der Waals surface area contributed by atoms with Crippen LogP contribution >= 0.6 is 0 Å². The molecule has 1 fully saturated rings. The van der Waals surface area contributed by atoms with E-state index >= 15 is 0 Å². The van der Waals surface area contributed by atoms with E-state index in [1.807, 2.05) is 6.07 Å². The Morgan fingerprint density at radius 2 is 1.66 bits per heavy atom. The lowest BCUT2D eigenvalue weighted by molar-refractivity contribution is -0.132. The molecule has 0 aromatic heterocycles. The summed E-state index contributed by atoms with van der Waals surface area (Å²) in [6, 6.07) is 17.2. The summed E-state index contributed by atoms with van der Waals surface area (Å²) in [4.78, 5) is 18.8. The predicted molar refractivity (Wildman–Crippen MR) is 115 cm³/mol. The highest BCUT2D eigenvalue weighted by Gasteiger charge is 2.23. The summed E-state index contributed by atoms with van der Waals surface area (Å²) < 4.78 is 13.8. The van der Waals surface area contributed by atoms with Crippen molar-refractivity contribution in [2.75, 3.05) is 40.3 Å². The molecule has 0 bridgehead atoms. The molecule has 3 rings (SSSR count). The number of halogens is 1. The number of hydrogen-bond donors (Lipinski definition) is 0. The van der Waals surface area contributed by atoms with Gasteiger partial charge >= 0.3 is 0 Å². The molecular formula is C24H32FN3O. The Morgan fingerprint density at radius 1 is 1.00 bits per heavy atom. The summed E-state index contributed by atoms with van der Waals surface area (Å²) in [6.45, 7) is 4.68. The maximum absolute atomic E-state index is 13.8. The first-order valence-corrected chi connectivity index (χ1v) is 10.4. The smallest absolute Gasteiger partial charge is 0.236 e. The summed E-state index contributed by atoms with van der Waals surface area (Å²) in [7, 11) is 3.93. The van der Waals surface area contributed by atoms with Crippen LogP contribution < -0.4 is 0 Å². The van der Waals surface area contributed by atoms with Crippen LogP contribution in [-0.2, 0) is 17.9 Å². The minimum atomic E-state index is -0.257. The van der Waals surface area contributed by atoms with Crippen molar-refractivity contribution in [1.29, 1.82) is 0 Å². The first kappa shape index (κ1) is 21.5. The van der Waals surface area contributed by atoms with Crippen LogP contribution in [0.15, 0.2) is 54.6 Å². The second kappa shape index (κ2) is 10.5. The molecule has 0 unspecified atom stereocenters. The Bertz CT molecular complexity index is 775. The Morgan fingerprint density at radius 3 is 2.34 bits per heavy atom. The zero-order valence-electron chi connectivity index (χ0n) is 17.6. The second-order valence-corrected chi connectivity index (χ2v) is 8.24. The normalized spacial score (nSPS) is 15.6. The average molecular weight is 398 g/mol. The summed E-state index contributed by atoms with van der Waals surface area (Å²) in [6.07, 6.45) is 2.23. The van der Waals surface area contributed by atoms with Crippen LogP contribution in [0.25, 0.3) is 0 Å². The quantitative estimate of drug-likeness (QED) is 0.681. The molecule has 1 heterocycles. The van der Waals surface area contributed by atoms with Crippen LogP contribution in [0.3, 0.4) is 0 Å². The average Bonchev–Trinajstić information content (AvgIpc) is 2.72. The van der Waals surface area contributed by atoms with Gasteiger partial charge in [0.05, 0.1) is 6.54 Å². The second-order valence-electron chi connectivity index (χ2n) is 8.24. The van der Waals surface area contributed by atoms with Crippen molar-refractivity contribution in [3.63, 3.8) is 0 Å². The highest BCUT2D eigenvalue weighted by atomic mass is 19.1. The molecule has 1 saturated heterocycles. The number of rotatable bonds is 8. The van der Waals surface area contributed by atoms with Gasteiger partial charge in [0, 0.05) is 32.2 Å². The molecule has 0 N–H and O–H groups in total. The number of piperidine rings is 1. The highest BCUT2D eigenvalue weighted by molar-refractivity contribution is 5.78. The summed E-state index contributed by atoms with van der Waals surface area (Å²) >= 11 is 0. The van der Waals surface area contributed by atoms with E-state index in [4.69, 9.17) is 0 Å². The van der Waals surface area contributed by atoms with Crippen molar-refractivity contribution in [2.45, 2.75) is 25.9 Å². The van der Waals surface area contributed by atoms with Gasteiger partial charge in [0.25, 0.3) is 0 Å². The molecule has 0 aliphatic carbocycles. The van der Waals surface area contributed by atoms with Crippen LogP contribution in [0.4, 0.5) is 4.39 Å². The minimum absolute atomic E-state index is 0.0490. The van der Waals surface area contributed by atoms with Crippen molar-refractivity contribution < 1.29 is 9.18 Å². The van der Waals surface area contributed by atoms with Gasteiger partial charge in [-0.2, -0.15) is 0 Å². The third-order valence-corrected chi connectivity index (χ3v) is 5.72. The number of likely N-dealkylation sites (N-methyl/N-ethyl adjacent to an activating group) is 1. The number of carbonyl (C=O) groups excluding carboxylic acids is 1. The maximum Gasteiger partial charge on any atom is 0.236 e. The molecule has 2 aromatic rings. The van der Waals surface area contributed by atoms with E-state index < -0.39 is 0 Å². The first-order chi connectivity index (χ1) is 14.0. The monoisotopic (exact) mass is 397 g/mol. The lowest BCUT2D eigenvalue weighted by Gasteiger charge is -2.34. The number of likely N-dealkylation sites (tertiary alicyclic amines) is 1. The first-order valence-electron chi connectivity index (χ1n) is 10.4. The van der Waals surface area contributed by atoms with Gasteiger partial charge in [-0.05, 0) is 50.5 Å². The van der Waals surface area contributed by atoms with Gasteiger partial charge in [0.15, 0.2) is 0 Å². The fraction of sp³-hybridized carbons (Fsp3) is 0.458. The van der Waals surface area contributed by atoms with E-state index in [-0.39, 0.29) is 11.7 Å². The van der Waals surface area contributed by atoms with Crippen LogP contribution in [0.5, 0.6) is 0 Å². The van der Waals surface area contributed by atoms with Crippen molar-refractivity contribution in [3.8, 4) is 0 Å². The van der Waals surface area contributed by atoms with Gasteiger partial charge < -0.3 is 9.80 Å². The summed E-state index contributed by atoms with van der Waals surface area (Å²) in [5, 5.41) is 0. The van der Waals surface area contributed by atoms with E-state index in [2.05, 4.69) is 41.1 Å². The predicted octanol–water partition coefficient (Wildman–Crippen LogP) is 3.63. The fourth-order valence-corrected chi connectivity index (χ4v) is 4.01. The van der Waals surface area contributed by atoms with Gasteiger partial charge in [-0.15, -0.1) is 0 Å². The maximum atomic E-state index is 13.8. The van der Waals surface area contributed by atoms with Crippen LogP contribution in [0, 0.1) is 11.7 Å². The van der Waals surface area contributed by atoms with E-state index in [0.717, 1.165) is 39.0 Å². The molecule has 1 aliphatic heterocycles. The third kappa shape index (κ3) is 6.65. The molecular weight excluding hydrogens is 365 g/mol. The van der Waals surface area contributed by atoms with Crippen LogP contribution in [0.1, 0.15) is 24.0 Å². The SMILES string of the molecule is CN(Cc1ccccc1)CC1CCN(CC(=O)N(C)Cc2ccccc2F)CC1. The molecule has 5 heteroatoms. The van der Waals surface area contributed by atoms with Crippen LogP contribution in [0.2, 0.25) is 0 Å². The molecule has 0 radical (unpaired) electrons. The third-order valence-electron chi connectivity index (χ3n) is 5.72. The Hall–Kier alpha value is -2.24. The van der Waals surface area contributed by atoms with Crippen molar-refractivity contribution in [1.82, 2.24) is 14.7 Å². The minimum Gasteiger partial charge on any atom is -0.340 e. The zero-order chi connectivity index (χ0) is 20.6. The van der Waals surface area contributed by atoms with E-state index in [1.54, 1.807) is 30.1 Å². The summed E-state index contributed by atoms with van der Waals surface area (Å²) in [5.74, 6) is 0.465. The molecule has 0 atom stereocenters. The molecule has 156 valence electrons. The number of amides is 1. The number of benzene rings is 2. The lowest BCUT2D eigenvalue weighted by Crippen LogP contribution is -2.43. The van der Waals surface area contributed by atoms with E-state index in [1.165, 1.54) is 11.6 Å². The van der Waals surface area contributed by atoms with Gasteiger partial charge in [-0.1, -0.05) is 48.5 Å². The van der Waals surface area contributed by atoms with Gasteiger partial charge in [-0.25, -0.2) is 4.39 Å². The van der Waals surface area contributed by atoms with E-state index in [0.29, 0.717) is 24.6 Å². The van der Waals surface area contributed by atoms with Crippen molar-refractivity contribution in [2.24, 2.45) is 5.92 Å². The van der Waals surface area contributed by atoms with Gasteiger partial charge in [-0.3, -0.25) is 9.69 Å². The van der Waals surface area contributed by atoms with Gasteiger partial charge in [0.1, 0.15) is 5.82 Å². The molecule has 0 spiro atoms. The lowest BCUT2D eigenvalue weighted by atomic mass is 9.96. The molecule has 1 amide bonds. The summed E-state index contributed by atoms with van der Waals surface area (Å²) in [5.41, 5.74) is 1.90. The highest BCUT2D eigenvalue weighted by Crippen LogP contribution is 2.19. The standard InChI is InChI=1S/C24H32FN3O/c1-26(16-20-8-4-3-5-9-20)17-21-12-14-28(15-13-21)19-24(29)27(2)18-22-10-6-7-11-23(22)25/h3-11,21H,12-19H2,1-2H3. The Labute approximate surface area is 173 Å².